The van der Waals surface area contributed by atoms with E-state index in [0.717, 1.165) is 10.5 Å². The molecule has 16 heavy (non-hydrogen) atoms. The van der Waals surface area contributed by atoms with Crippen LogP contribution in [0.3, 0.4) is 0 Å². The number of hydrogen-bond donors (Lipinski definition) is 0. The second kappa shape index (κ2) is 5.56. The second-order valence-corrected chi connectivity index (χ2v) is 10.1. The van der Waals surface area contributed by atoms with Gasteiger partial charge in [0.25, 0.3) is 0 Å². The van der Waals surface area contributed by atoms with Gasteiger partial charge in [-0.3, -0.25) is 0 Å². The van der Waals surface area contributed by atoms with Crippen LogP contribution < -0.4 is 0 Å². The molecule has 0 spiro atoms. The van der Waals surface area contributed by atoms with Gasteiger partial charge in [-0.2, -0.15) is 23.5 Å². The van der Waals surface area contributed by atoms with Gasteiger partial charge in [-0.25, -0.2) is 0 Å². The van der Waals surface area contributed by atoms with E-state index in [1.807, 2.05) is 0 Å². The Morgan fingerprint density at radius 2 is 1.06 bits per heavy atom. The summed E-state index contributed by atoms with van der Waals surface area (Å²) < 4.78 is 0. The number of hydrogen-bond acceptors (Lipinski definition) is 2. The normalized spacial score (nSPS) is 28.1. The van der Waals surface area contributed by atoms with Crippen LogP contribution in [0.2, 0.25) is 0 Å². The van der Waals surface area contributed by atoms with Gasteiger partial charge in [0.1, 0.15) is 0 Å². The maximum atomic E-state index is 2.36. The molecule has 0 nitrogen and oxygen atoms in total. The smallest absolute Gasteiger partial charge is 0.0143 e. The van der Waals surface area contributed by atoms with Crippen LogP contribution in [0.1, 0.15) is 54.4 Å². The van der Waals surface area contributed by atoms with E-state index in [0.29, 0.717) is 10.8 Å². The van der Waals surface area contributed by atoms with Crippen molar-refractivity contribution in [2.24, 2.45) is 10.8 Å². The molecular weight excluding hydrogens is 232 g/mol. The molecule has 0 bridgehead atoms. The zero-order valence-corrected chi connectivity index (χ0v) is 13.4. The van der Waals surface area contributed by atoms with Crippen molar-refractivity contribution in [3.05, 3.63) is 0 Å². The quantitative estimate of drug-likeness (QED) is 0.679. The molecule has 0 aromatic rings. The van der Waals surface area contributed by atoms with E-state index in [9.17, 15) is 0 Å². The minimum Gasteiger partial charge on any atom is -0.157 e. The molecule has 2 unspecified atom stereocenters. The lowest BCUT2D eigenvalue weighted by molar-refractivity contribution is 0.372. The predicted molar refractivity (Wildman–Crippen MR) is 80.6 cm³/mol. The van der Waals surface area contributed by atoms with Crippen molar-refractivity contribution in [3.8, 4) is 0 Å². The van der Waals surface area contributed by atoms with Crippen molar-refractivity contribution in [2.75, 3.05) is 11.5 Å². The molecular formula is C14H28S2. The summed E-state index contributed by atoms with van der Waals surface area (Å²) in [6, 6.07) is 0. The Morgan fingerprint density at radius 1 is 0.750 bits per heavy atom. The Balaban J connectivity index is 2.29. The van der Waals surface area contributed by atoms with Gasteiger partial charge in [-0.05, 0) is 23.7 Å². The molecule has 0 amide bonds. The highest BCUT2D eigenvalue weighted by Gasteiger charge is 2.28. The molecule has 0 N–H and O–H groups in total. The van der Waals surface area contributed by atoms with E-state index in [1.54, 1.807) is 0 Å². The molecule has 2 atom stereocenters. The van der Waals surface area contributed by atoms with Crippen LogP contribution in [0.4, 0.5) is 0 Å². The molecule has 1 fully saturated rings. The first-order valence-corrected chi connectivity index (χ1v) is 8.49. The van der Waals surface area contributed by atoms with Crippen molar-refractivity contribution in [1.29, 1.82) is 0 Å². The lowest BCUT2D eigenvalue weighted by atomic mass is 9.90. The topological polar surface area (TPSA) is 0 Å². The van der Waals surface area contributed by atoms with Crippen LogP contribution in [0.25, 0.3) is 0 Å². The van der Waals surface area contributed by atoms with E-state index < -0.39 is 0 Å². The highest BCUT2D eigenvalue weighted by molar-refractivity contribution is 8.07. The van der Waals surface area contributed by atoms with Gasteiger partial charge >= 0.3 is 0 Å². The summed E-state index contributed by atoms with van der Waals surface area (Å²) >= 11 is 4.44. The molecule has 0 aliphatic carbocycles. The van der Waals surface area contributed by atoms with Gasteiger partial charge in [-0.15, -0.1) is 0 Å². The lowest BCUT2D eigenvalue weighted by Crippen LogP contribution is -2.27. The third kappa shape index (κ3) is 6.44. The third-order valence-corrected chi connectivity index (χ3v) is 5.94. The summed E-state index contributed by atoms with van der Waals surface area (Å²) in [5, 5.41) is 1.78. The molecule has 1 rings (SSSR count). The standard InChI is InChI=1S/C14H28S2/c1-13(2,3)7-11-9-16-12(10-15-11)8-14(4,5)6/h11-12H,7-10H2,1-6H3. The average molecular weight is 261 g/mol. The summed E-state index contributed by atoms with van der Waals surface area (Å²) in [5.74, 6) is 2.73. The minimum absolute atomic E-state index is 0.495. The Kier molecular flexibility index (Phi) is 5.13. The fourth-order valence-electron chi connectivity index (χ4n) is 2.18. The van der Waals surface area contributed by atoms with Gasteiger partial charge in [-0.1, -0.05) is 41.5 Å². The highest BCUT2D eigenvalue weighted by atomic mass is 32.2. The van der Waals surface area contributed by atoms with Crippen molar-refractivity contribution < 1.29 is 0 Å². The first-order valence-electron chi connectivity index (χ1n) is 6.39. The number of rotatable bonds is 2. The highest BCUT2D eigenvalue weighted by Crippen LogP contribution is 2.39. The molecule has 1 aliphatic rings. The van der Waals surface area contributed by atoms with E-state index in [4.69, 9.17) is 0 Å². The van der Waals surface area contributed by atoms with E-state index in [-0.39, 0.29) is 0 Å². The summed E-state index contributed by atoms with van der Waals surface area (Å²) in [7, 11) is 0. The van der Waals surface area contributed by atoms with Crippen molar-refractivity contribution in [1.82, 2.24) is 0 Å². The van der Waals surface area contributed by atoms with Crippen molar-refractivity contribution in [3.63, 3.8) is 0 Å². The summed E-state index contributed by atoms with van der Waals surface area (Å²) in [4.78, 5) is 0. The van der Waals surface area contributed by atoms with Crippen LogP contribution in [0, 0.1) is 10.8 Å². The fraction of sp³-hybridized carbons (Fsp3) is 1.00. The second-order valence-electron chi connectivity index (χ2n) is 7.44. The zero-order valence-electron chi connectivity index (χ0n) is 11.8. The first kappa shape index (κ1) is 14.8. The Labute approximate surface area is 111 Å². The summed E-state index contributed by atoms with van der Waals surface area (Å²) in [5.41, 5.74) is 0.990. The van der Waals surface area contributed by atoms with Crippen molar-refractivity contribution >= 4 is 23.5 Å². The Bertz CT molecular complexity index is 178. The molecule has 0 aromatic carbocycles. The van der Waals surface area contributed by atoms with Crippen LogP contribution >= 0.6 is 23.5 Å². The van der Waals surface area contributed by atoms with E-state index in [1.165, 1.54) is 24.3 Å². The molecule has 0 saturated carbocycles. The Hall–Kier alpha value is 0.700. The minimum atomic E-state index is 0.495. The zero-order chi connectivity index (χ0) is 12.4. The summed E-state index contributed by atoms with van der Waals surface area (Å²) in [6.07, 6.45) is 2.74. The van der Waals surface area contributed by atoms with Crippen molar-refractivity contribution in [2.45, 2.75) is 64.9 Å². The van der Waals surface area contributed by atoms with Crippen LogP contribution in [-0.2, 0) is 0 Å². The van der Waals surface area contributed by atoms with E-state index in [2.05, 4.69) is 65.1 Å². The average Bonchev–Trinajstić information content (AvgIpc) is 2.03. The largest absolute Gasteiger partial charge is 0.157 e. The van der Waals surface area contributed by atoms with Gasteiger partial charge in [0.05, 0.1) is 0 Å². The fourth-order valence-corrected chi connectivity index (χ4v) is 5.87. The maximum Gasteiger partial charge on any atom is 0.0143 e. The number of thioether (sulfide) groups is 2. The third-order valence-electron chi connectivity index (χ3n) is 2.72. The molecule has 1 aliphatic heterocycles. The van der Waals surface area contributed by atoms with Crippen LogP contribution in [0.5, 0.6) is 0 Å². The maximum absolute atomic E-state index is 2.36. The predicted octanol–water partition coefficient (Wildman–Crippen LogP) is 5.08. The van der Waals surface area contributed by atoms with Gasteiger partial charge in [0.15, 0.2) is 0 Å². The van der Waals surface area contributed by atoms with Gasteiger partial charge < -0.3 is 0 Å². The lowest BCUT2D eigenvalue weighted by Gasteiger charge is -2.34. The van der Waals surface area contributed by atoms with Gasteiger partial charge in [0.2, 0.25) is 0 Å². The summed E-state index contributed by atoms with van der Waals surface area (Å²) in [6.45, 7) is 14.2. The monoisotopic (exact) mass is 260 g/mol. The van der Waals surface area contributed by atoms with Crippen LogP contribution in [0.15, 0.2) is 0 Å². The van der Waals surface area contributed by atoms with E-state index >= 15 is 0 Å². The molecule has 96 valence electrons. The SMILES string of the molecule is CC(C)(C)CC1CSC(CC(C)(C)C)CS1. The van der Waals surface area contributed by atoms with Crippen LogP contribution in [-0.4, -0.2) is 22.0 Å². The first-order chi connectivity index (χ1) is 7.16. The molecule has 0 radical (unpaired) electrons. The van der Waals surface area contributed by atoms with Gasteiger partial charge in [0, 0.05) is 22.0 Å². The molecule has 1 heterocycles. The Morgan fingerprint density at radius 3 is 1.25 bits per heavy atom. The molecule has 1 saturated heterocycles. The molecule has 2 heteroatoms. The molecule has 0 aromatic heterocycles.